The lowest BCUT2D eigenvalue weighted by Crippen LogP contribution is -2.01. The fraction of sp³-hybridized carbons (Fsp3) is 0.294. The molecule has 22 heavy (non-hydrogen) atoms. The van der Waals surface area contributed by atoms with Gasteiger partial charge in [-0.2, -0.15) is 0 Å². The SMILES string of the molecule is CCCCc1ccc(O)c(NCc2cccc([N+](=O)[O-])c2)c1. The quantitative estimate of drug-likeness (QED) is 0.455. The molecule has 0 amide bonds. The van der Waals surface area contributed by atoms with E-state index < -0.39 is 4.92 Å². The highest BCUT2D eigenvalue weighted by molar-refractivity contribution is 5.57. The molecule has 0 aliphatic heterocycles. The van der Waals surface area contributed by atoms with E-state index in [-0.39, 0.29) is 11.4 Å². The third-order valence-electron chi connectivity index (χ3n) is 3.48. The van der Waals surface area contributed by atoms with Crippen LogP contribution in [0.5, 0.6) is 5.75 Å². The fourth-order valence-corrected chi connectivity index (χ4v) is 2.24. The van der Waals surface area contributed by atoms with Crippen molar-refractivity contribution in [1.29, 1.82) is 0 Å². The van der Waals surface area contributed by atoms with Crippen LogP contribution in [0.2, 0.25) is 0 Å². The number of benzene rings is 2. The van der Waals surface area contributed by atoms with Crippen LogP contribution in [0.1, 0.15) is 30.9 Å². The number of hydrogen-bond donors (Lipinski definition) is 2. The van der Waals surface area contributed by atoms with E-state index in [0.29, 0.717) is 12.2 Å². The van der Waals surface area contributed by atoms with Gasteiger partial charge in [-0.25, -0.2) is 0 Å². The highest BCUT2D eigenvalue weighted by Crippen LogP contribution is 2.26. The maximum atomic E-state index is 10.8. The summed E-state index contributed by atoms with van der Waals surface area (Å²) in [5.41, 5.74) is 2.69. The first-order valence-electron chi connectivity index (χ1n) is 7.39. The summed E-state index contributed by atoms with van der Waals surface area (Å²) in [6, 6.07) is 12.0. The molecule has 0 fully saturated rings. The van der Waals surface area contributed by atoms with Crippen molar-refractivity contribution in [3.05, 3.63) is 63.7 Å². The van der Waals surface area contributed by atoms with Crippen molar-refractivity contribution in [3.8, 4) is 5.75 Å². The number of nitrogens with one attached hydrogen (secondary N) is 1. The summed E-state index contributed by atoms with van der Waals surface area (Å²) in [5.74, 6) is 0.186. The average Bonchev–Trinajstić information content (AvgIpc) is 2.53. The Morgan fingerprint density at radius 1 is 1.18 bits per heavy atom. The van der Waals surface area contributed by atoms with Crippen LogP contribution >= 0.6 is 0 Å². The Morgan fingerprint density at radius 2 is 2.00 bits per heavy atom. The number of phenols is 1. The number of phenolic OH excluding ortho intramolecular Hbond substituents is 1. The standard InChI is InChI=1S/C17H20N2O3/c1-2-3-5-13-8-9-17(20)16(11-13)18-12-14-6-4-7-15(10-14)19(21)22/h4,6-11,18,20H,2-3,5,12H2,1H3. The molecule has 0 bridgehead atoms. The number of hydrogen-bond acceptors (Lipinski definition) is 4. The van der Waals surface area contributed by atoms with E-state index in [1.54, 1.807) is 12.1 Å². The molecule has 2 aromatic rings. The van der Waals surface area contributed by atoms with Gasteiger partial charge < -0.3 is 10.4 Å². The fourth-order valence-electron chi connectivity index (χ4n) is 2.24. The second-order valence-corrected chi connectivity index (χ2v) is 5.24. The van der Waals surface area contributed by atoms with Gasteiger partial charge in [-0.3, -0.25) is 10.1 Å². The van der Waals surface area contributed by atoms with E-state index >= 15 is 0 Å². The van der Waals surface area contributed by atoms with Crippen molar-refractivity contribution >= 4 is 11.4 Å². The molecule has 0 radical (unpaired) electrons. The number of nitro groups is 1. The smallest absolute Gasteiger partial charge is 0.269 e. The molecule has 0 saturated heterocycles. The second kappa shape index (κ2) is 7.45. The van der Waals surface area contributed by atoms with Crippen LogP contribution in [-0.4, -0.2) is 10.0 Å². The highest BCUT2D eigenvalue weighted by Gasteiger charge is 2.07. The van der Waals surface area contributed by atoms with Crippen LogP contribution in [0.3, 0.4) is 0 Å². The monoisotopic (exact) mass is 300 g/mol. The third-order valence-corrected chi connectivity index (χ3v) is 3.48. The predicted molar refractivity (Wildman–Crippen MR) is 87.1 cm³/mol. The van der Waals surface area contributed by atoms with Crippen molar-refractivity contribution in [1.82, 2.24) is 0 Å². The van der Waals surface area contributed by atoms with Gasteiger partial charge in [0.2, 0.25) is 0 Å². The van der Waals surface area contributed by atoms with Gasteiger partial charge in [-0.15, -0.1) is 0 Å². The first-order chi connectivity index (χ1) is 10.6. The molecule has 2 aromatic carbocycles. The summed E-state index contributed by atoms with van der Waals surface area (Å²) in [5, 5.41) is 23.8. The second-order valence-electron chi connectivity index (χ2n) is 5.24. The molecule has 2 N–H and O–H groups in total. The molecule has 0 aromatic heterocycles. The number of unbranched alkanes of at least 4 members (excludes halogenated alkanes) is 1. The summed E-state index contributed by atoms with van der Waals surface area (Å²) in [4.78, 5) is 10.4. The molecule has 0 saturated carbocycles. The first kappa shape index (κ1) is 15.8. The van der Waals surface area contributed by atoms with E-state index in [0.717, 1.165) is 24.8 Å². The Kier molecular flexibility index (Phi) is 5.36. The number of non-ortho nitro benzene ring substituents is 1. The van der Waals surface area contributed by atoms with Gasteiger partial charge in [0.15, 0.2) is 0 Å². The summed E-state index contributed by atoms with van der Waals surface area (Å²) in [6.45, 7) is 2.56. The van der Waals surface area contributed by atoms with E-state index in [1.807, 2.05) is 18.2 Å². The van der Waals surface area contributed by atoms with E-state index in [4.69, 9.17) is 0 Å². The Labute approximate surface area is 129 Å². The van der Waals surface area contributed by atoms with Crippen LogP contribution in [0.15, 0.2) is 42.5 Å². The molecule has 0 aliphatic carbocycles. The summed E-state index contributed by atoms with van der Waals surface area (Å²) < 4.78 is 0. The van der Waals surface area contributed by atoms with Crippen molar-refractivity contribution < 1.29 is 10.0 Å². The van der Waals surface area contributed by atoms with Gasteiger partial charge in [0.25, 0.3) is 5.69 Å². The lowest BCUT2D eigenvalue weighted by Gasteiger charge is -2.10. The van der Waals surface area contributed by atoms with Gasteiger partial charge in [0.1, 0.15) is 5.75 Å². The molecule has 0 heterocycles. The molecule has 5 heteroatoms. The van der Waals surface area contributed by atoms with E-state index in [2.05, 4.69) is 12.2 Å². The first-order valence-corrected chi connectivity index (χ1v) is 7.39. The van der Waals surface area contributed by atoms with Gasteiger partial charge in [-0.1, -0.05) is 31.5 Å². The zero-order chi connectivity index (χ0) is 15.9. The van der Waals surface area contributed by atoms with Crippen LogP contribution in [0.4, 0.5) is 11.4 Å². The minimum Gasteiger partial charge on any atom is -0.506 e. The number of aryl methyl sites for hydroxylation is 1. The molecule has 5 nitrogen and oxygen atoms in total. The van der Waals surface area contributed by atoms with Crippen molar-refractivity contribution in [2.24, 2.45) is 0 Å². The minimum atomic E-state index is -0.410. The normalized spacial score (nSPS) is 10.4. The van der Waals surface area contributed by atoms with Crippen LogP contribution in [0.25, 0.3) is 0 Å². The van der Waals surface area contributed by atoms with Crippen LogP contribution < -0.4 is 5.32 Å². The maximum absolute atomic E-state index is 10.8. The molecule has 0 aliphatic rings. The molecule has 0 spiro atoms. The van der Waals surface area contributed by atoms with E-state index in [1.165, 1.54) is 17.7 Å². The Bertz CT molecular complexity index is 656. The number of anilines is 1. The lowest BCUT2D eigenvalue weighted by molar-refractivity contribution is -0.384. The zero-order valence-corrected chi connectivity index (χ0v) is 12.6. The van der Waals surface area contributed by atoms with Gasteiger partial charge in [0.05, 0.1) is 10.6 Å². The molecular weight excluding hydrogens is 280 g/mol. The van der Waals surface area contributed by atoms with Crippen molar-refractivity contribution in [2.45, 2.75) is 32.7 Å². The lowest BCUT2D eigenvalue weighted by atomic mass is 10.1. The topological polar surface area (TPSA) is 75.4 Å². The molecule has 0 unspecified atom stereocenters. The molecule has 116 valence electrons. The Balaban J connectivity index is 2.07. The summed E-state index contributed by atoms with van der Waals surface area (Å²) >= 11 is 0. The number of rotatable bonds is 7. The van der Waals surface area contributed by atoms with E-state index in [9.17, 15) is 15.2 Å². The van der Waals surface area contributed by atoms with Gasteiger partial charge >= 0.3 is 0 Å². The minimum absolute atomic E-state index is 0.0696. The number of aromatic hydroxyl groups is 1. The predicted octanol–water partition coefficient (Wildman–Crippen LogP) is 4.26. The summed E-state index contributed by atoms with van der Waals surface area (Å²) in [6.07, 6.45) is 3.20. The zero-order valence-electron chi connectivity index (χ0n) is 12.6. The van der Waals surface area contributed by atoms with Crippen molar-refractivity contribution in [2.75, 3.05) is 5.32 Å². The molecule has 2 rings (SSSR count). The largest absolute Gasteiger partial charge is 0.506 e. The maximum Gasteiger partial charge on any atom is 0.269 e. The van der Waals surface area contributed by atoms with Gasteiger partial charge in [-0.05, 0) is 36.1 Å². The number of nitrogens with zero attached hydrogens (tertiary/aromatic N) is 1. The van der Waals surface area contributed by atoms with Gasteiger partial charge in [0, 0.05) is 18.7 Å². The highest BCUT2D eigenvalue weighted by atomic mass is 16.6. The Hall–Kier alpha value is -2.56. The van der Waals surface area contributed by atoms with Crippen molar-refractivity contribution in [3.63, 3.8) is 0 Å². The Morgan fingerprint density at radius 3 is 2.73 bits per heavy atom. The average molecular weight is 300 g/mol. The van der Waals surface area contributed by atoms with Crippen LogP contribution in [-0.2, 0) is 13.0 Å². The third kappa shape index (κ3) is 4.22. The van der Waals surface area contributed by atoms with Crippen LogP contribution in [0, 0.1) is 10.1 Å². The summed E-state index contributed by atoms with van der Waals surface area (Å²) in [7, 11) is 0. The molecular formula is C17H20N2O3. The molecule has 0 atom stereocenters. The number of nitro benzene ring substituents is 1.